The molecular weight excluding hydrogens is 366 g/mol. The average Bonchev–Trinajstić information content (AvgIpc) is 2.82. The minimum Gasteiger partial charge on any atom is -0.369 e. The van der Waals surface area contributed by atoms with Crippen LogP contribution in [-0.4, -0.2) is 5.96 Å². The normalized spacial score (nSPS) is 11.8. The van der Waals surface area contributed by atoms with Gasteiger partial charge in [-0.1, -0.05) is 97.1 Å². The van der Waals surface area contributed by atoms with Gasteiger partial charge < -0.3 is 5.73 Å². The lowest BCUT2D eigenvalue weighted by Gasteiger charge is -2.31. The van der Waals surface area contributed by atoms with Crippen LogP contribution in [0, 0.1) is 0 Å². The Bertz CT molecular complexity index is 1010. The van der Waals surface area contributed by atoms with E-state index in [9.17, 15) is 0 Å². The molecule has 0 bridgehead atoms. The Labute approximate surface area is 178 Å². The Morgan fingerprint density at radius 3 is 1.30 bits per heavy atom. The standard InChI is InChI=1S/C27H25N3/c1-27(22-14-6-2-7-15-22,23-16-8-3-9-17-23)29-26(28)30(24-18-10-4-11-19-24)25-20-12-5-13-21-25/h2-21H,1H3,(H2,28,29). The minimum atomic E-state index is -0.631. The van der Waals surface area contributed by atoms with Gasteiger partial charge in [-0.05, 0) is 42.3 Å². The van der Waals surface area contributed by atoms with Crippen LogP contribution in [0.2, 0.25) is 0 Å². The quantitative estimate of drug-likeness (QED) is 0.330. The van der Waals surface area contributed by atoms with E-state index in [1.54, 1.807) is 0 Å². The van der Waals surface area contributed by atoms with Crippen molar-refractivity contribution in [2.75, 3.05) is 4.90 Å². The van der Waals surface area contributed by atoms with E-state index in [-0.39, 0.29) is 0 Å². The maximum atomic E-state index is 6.72. The summed E-state index contributed by atoms with van der Waals surface area (Å²) in [4.78, 5) is 7.11. The molecule has 0 spiro atoms. The predicted octanol–water partition coefficient (Wildman–Crippen LogP) is 6.10. The Balaban J connectivity index is 1.88. The van der Waals surface area contributed by atoms with Crippen LogP contribution < -0.4 is 10.6 Å². The number of nitrogens with two attached hydrogens (primary N) is 1. The molecule has 0 heterocycles. The van der Waals surface area contributed by atoms with Gasteiger partial charge in [0, 0.05) is 11.4 Å². The summed E-state index contributed by atoms with van der Waals surface area (Å²) in [7, 11) is 0. The summed E-state index contributed by atoms with van der Waals surface area (Å²) in [5.74, 6) is 0.433. The van der Waals surface area contributed by atoms with Crippen LogP contribution in [0.4, 0.5) is 11.4 Å². The monoisotopic (exact) mass is 391 g/mol. The topological polar surface area (TPSA) is 41.6 Å². The number of para-hydroxylation sites is 2. The van der Waals surface area contributed by atoms with Crippen molar-refractivity contribution in [1.82, 2.24) is 0 Å². The maximum absolute atomic E-state index is 6.72. The van der Waals surface area contributed by atoms with Crippen molar-refractivity contribution in [2.45, 2.75) is 12.5 Å². The molecule has 0 saturated heterocycles. The van der Waals surface area contributed by atoms with E-state index in [2.05, 4.69) is 31.2 Å². The lowest BCUT2D eigenvalue weighted by atomic mass is 9.85. The van der Waals surface area contributed by atoms with Crippen molar-refractivity contribution in [3.63, 3.8) is 0 Å². The summed E-state index contributed by atoms with van der Waals surface area (Å²) in [5, 5.41) is 0. The zero-order chi connectivity index (χ0) is 20.8. The number of rotatable bonds is 5. The van der Waals surface area contributed by atoms with Crippen LogP contribution in [0.5, 0.6) is 0 Å². The van der Waals surface area contributed by atoms with Gasteiger partial charge in [0.25, 0.3) is 0 Å². The molecule has 30 heavy (non-hydrogen) atoms. The van der Waals surface area contributed by atoms with Gasteiger partial charge in [0.15, 0.2) is 0 Å². The molecule has 0 aliphatic rings. The van der Waals surface area contributed by atoms with Crippen LogP contribution in [0.25, 0.3) is 0 Å². The molecule has 0 amide bonds. The first kappa shape index (κ1) is 19.5. The van der Waals surface area contributed by atoms with Gasteiger partial charge >= 0.3 is 0 Å². The van der Waals surface area contributed by atoms with Crippen molar-refractivity contribution < 1.29 is 0 Å². The van der Waals surface area contributed by atoms with Crippen LogP contribution in [0.15, 0.2) is 126 Å². The lowest BCUT2D eigenvalue weighted by Crippen LogP contribution is -2.37. The second-order valence-corrected chi connectivity index (χ2v) is 7.28. The van der Waals surface area contributed by atoms with Crippen LogP contribution in [0.3, 0.4) is 0 Å². The number of hydrogen-bond acceptors (Lipinski definition) is 1. The third kappa shape index (κ3) is 3.96. The highest BCUT2D eigenvalue weighted by molar-refractivity contribution is 6.02. The van der Waals surface area contributed by atoms with Gasteiger partial charge in [-0.15, -0.1) is 0 Å². The second kappa shape index (κ2) is 8.66. The van der Waals surface area contributed by atoms with E-state index in [4.69, 9.17) is 10.7 Å². The second-order valence-electron chi connectivity index (χ2n) is 7.28. The zero-order valence-corrected chi connectivity index (χ0v) is 17.0. The average molecular weight is 392 g/mol. The van der Waals surface area contributed by atoms with E-state index in [1.165, 1.54) is 0 Å². The molecule has 0 atom stereocenters. The molecule has 4 rings (SSSR count). The van der Waals surface area contributed by atoms with Crippen LogP contribution >= 0.6 is 0 Å². The Kier molecular flexibility index (Phi) is 5.62. The van der Waals surface area contributed by atoms with E-state index in [1.807, 2.05) is 102 Å². The highest BCUT2D eigenvalue weighted by Gasteiger charge is 2.30. The van der Waals surface area contributed by atoms with Gasteiger partial charge in [0.2, 0.25) is 5.96 Å². The molecule has 0 aromatic heterocycles. The zero-order valence-electron chi connectivity index (χ0n) is 17.0. The van der Waals surface area contributed by atoms with Gasteiger partial charge in [0.1, 0.15) is 5.54 Å². The molecule has 3 nitrogen and oxygen atoms in total. The SMILES string of the molecule is CC(N=C(N)N(c1ccccc1)c1ccccc1)(c1ccccc1)c1ccccc1. The Morgan fingerprint density at radius 2 is 0.933 bits per heavy atom. The van der Waals surface area contributed by atoms with Crippen molar-refractivity contribution in [2.24, 2.45) is 10.7 Å². The molecule has 0 aliphatic carbocycles. The first-order chi connectivity index (χ1) is 14.7. The number of guanidine groups is 1. The third-order valence-electron chi connectivity index (χ3n) is 5.27. The minimum absolute atomic E-state index is 0.433. The van der Waals surface area contributed by atoms with E-state index in [0.29, 0.717) is 5.96 Å². The molecule has 0 unspecified atom stereocenters. The first-order valence-corrected chi connectivity index (χ1v) is 10.0. The molecule has 3 heteroatoms. The molecule has 0 fully saturated rings. The van der Waals surface area contributed by atoms with Crippen molar-refractivity contribution in [1.29, 1.82) is 0 Å². The summed E-state index contributed by atoms with van der Waals surface area (Å²) < 4.78 is 0. The largest absolute Gasteiger partial charge is 0.369 e. The van der Waals surface area contributed by atoms with Crippen LogP contribution in [-0.2, 0) is 5.54 Å². The molecule has 0 radical (unpaired) electrons. The molecule has 0 aliphatic heterocycles. The molecule has 0 saturated carbocycles. The molecule has 148 valence electrons. The predicted molar refractivity (Wildman–Crippen MR) is 126 cm³/mol. The number of hydrogen-bond donors (Lipinski definition) is 1. The highest BCUT2D eigenvalue weighted by Crippen LogP contribution is 2.34. The smallest absolute Gasteiger partial charge is 0.201 e. The fourth-order valence-corrected chi connectivity index (χ4v) is 3.67. The highest BCUT2D eigenvalue weighted by atomic mass is 15.3. The third-order valence-corrected chi connectivity index (χ3v) is 5.27. The maximum Gasteiger partial charge on any atom is 0.201 e. The molecule has 4 aromatic rings. The number of aliphatic imine (C=N–C) groups is 1. The fourth-order valence-electron chi connectivity index (χ4n) is 3.67. The fraction of sp³-hybridized carbons (Fsp3) is 0.0741. The summed E-state index contributed by atoms with van der Waals surface area (Å²) in [5.41, 5.74) is 10.2. The summed E-state index contributed by atoms with van der Waals surface area (Å²) in [6.07, 6.45) is 0. The summed E-state index contributed by atoms with van der Waals surface area (Å²) in [6, 6.07) is 40.7. The Morgan fingerprint density at radius 1 is 0.600 bits per heavy atom. The number of nitrogens with zero attached hydrogens (tertiary/aromatic N) is 2. The van der Waals surface area contributed by atoms with Crippen molar-refractivity contribution >= 4 is 17.3 Å². The Hall–Kier alpha value is -3.85. The number of benzene rings is 4. The van der Waals surface area contributed by atoms with Gasteiger partial charge in [0.05, 0.1) is 0 Å². The van der Waals surface area contributed by atoms with E-state index in [0.717, 1.165) is 22.5 Å². The first-order valence-electron chi connectivity index (χ1n) is 10.0. The lowest BCUT2D eigenvalue weighted by molar-refractivity contribution is 0.604. The van der Waals surface area contributed by atoms with Crippen molar-refractivity contribution in [3.05, 3.63) is 132 Å². The van der Waals surface area contributed by atoms with Gasteiger partial charge in [-0.2, -0.15) is 0 Å². The van der Waals surface area contributed by atoms with Crippen LogP contribution in [0.1, 0.15) is 18.1 Å². The van der Waals surface area contributed by atoms with Crippen molar-refractivity contribution in [3.8, 4) is 0 Å². The molecule has 2 N–H and O–H groups in total. The number of anilines is 2. The molecule has 4 aromatic carbocycles. The molecular formula is C27H25N3. The van der Waals surface area contributed by atoms with Gasteiger partial charge in [-0.3, -0.25) is 4.90 Å². The summed E-state index contributed by atoms with van der Waals surface area (Å²) >= 11 is 0. The van der Waals surface area contributed by atoms with E-state index >= 15 is 0 Å². The summed E-state index contributed by atoms with van der Waals surface area (Å²) in [6.45, 7) is 2.11. The van der Waals surface area contributed by atoms with E-state index < -0.39 is 5.54 Å². The van der Waals surface area contributed by atoms with Gasteiger partial charge in [-0.25, -0.2) is 4.99 Å².